The minimum Gasteiger partial charge on any atom is -0.0616 e. The molecule has 6 aromatic carbocycles. The van der Waals surface area contributed by atoms with E-state index in [1.807, 2.05) is 0 Å². The molecule has 164 valence electrons. The largest absolute Gasteiger partial charge is 0.0616 e. The first-order valence-electron chi connectivity index (χ1n) is 12.0. The normalized spacial score (nSPS) is 12.0. The van der Waals surface area contributed by atoms with Crippen molar-refractivity contribution in [2.75, 3.05) is 0 Å². The van der Waals surface area contributed by atoms with Gasteiger partial charge in [-0.1, -0.05) is 136 Å². The summed E-state index contributed by atoms with van der Waals surface area (Å²) in [5.41, 5.74) is 6.64. The zero-order chi connectivity index (χ0) is 23.3. The van der Waals surface area contributed by atoms with Gasteiger partial charge in [-0.25, -0.2) is 0 Å². The number of benzene rings is 6. The molecule has 0 heteroatoms. The first-order chi connectivity index (χ1) is 16.5. The Hall–Kier alpha value is -3.90. The number of hydrogen-bond acceptors (Lipinski definition) is 0. The van der Waals surface area contributed by atoms with Gasteiger partial charge in [-0.2, -0.15) is 0 Å². The summed E-state index contributed by atoms with van der Waals surface area (Å²) in [5, 5.41) is 7.77. The van der Waals surface area contributed by atoms with Gasteiger partial charge < -0.3 is 0 Å². The van der Waals surface area contributed by atoms with Gasteiger partial charge in [0.05, 0.1) is 0 Å². The molecule has 0 nitrogen and oxygen atoms in total. The van der Waals surface area contributed by atoms with E-state index in [9.17, 15) is 0 Å². The van der Waals surface area contributed by atoms with Crippen LogP contribution in [0.1, 0.15) is 26.3 Å². The summed E-state index contributed by atoms with van der Waals surface area (Å²) in [4.78, 5) is 0. The minimum atomic E-state index is 0.0237. The average molecular weight is 437 g/mol. The number of hydrogen-bond donors (Lipinski definition) is 0. The summed E-state index contributed by atoms with van der Waals surface area (Å²) in [6.45, 7) is 6.95. The summed E-state index contributed by atoms with van der Waals surface area (Å²) >= 11 is 0. The third kappa shape index (κ3) is 3.30. The molecule has 0 aliphatic rings. The van der Waals surface area contributed by atoms with Crippen molar-refractivity contribution in [3.05, 3.63) is 121 Å². The van der Waals surface area contributed by atoms with Gasteiger partial charge in [0.25, 0.3) is 0 Å². The van der Waals surface area contributed by atoms with E-state index in [4.69, 9.17) is 0 Å². The highest BCUT2D eigenvalue weighted by Gasteiger charge is 2.23. The molecule has 6 rings (SSSR count). The van der Waals surface area contributed by atoms with Crippen LogP contribution in [0, 0.1) is 0 Å². The molecule has 0 aromatic heterocycles. The van der Waals surface area contributed by atoms with Crippen molar-refractivity contribution >= 4 is 32.3 Å². The number of fused-ring (bicyclic) bond motifs is 3. The molecule has 0 amide bonds. The quantitative estimate of drug-likeness (QED) is 0.253. The molecular weight excluding hydrogens is 408 g/mol. The summed E-state index contributed by atoms with van der Waals surface area (Å²) in [6, 6.07) is 42.2. The van der Waals surface area contributed by atoms with E-state index in [1.165, 1.54) is 60.1 Å². The van der Waals surface area contributed by atoms with Gasteiger partial charge in [-0.05, 0) is 65.5 Å². The summed E-state index contributed by atoms with van der Waals surface area (Å²) in [6.07, 6.45) is 0. The Morgan fingerprint density at radius 1 is 0.382 bits per heavy atom. The van der Waals surface area contributed by atoms with Crippen molar-refractivity contribution in [1.29, 1.82) is 0 Å². The van der Waals surface area contributed by atoms with Gasteiger partial charge >= 0.3 is 0 Å². The summed E-state index contributed by atoms with van der Waals surface area (Å²) < 4.78 is 0. The van der Waals surface area contributed by atoms with Gasteiger partial charge in [0, 0.05) is 0 Å². The van der Waals surface area contributed by atoms with Crippen molar-refractivity contribution in [2.24, 2.45) is 0 Å². The Labute approximate surface area is 201 Å². The monoisotopic (exact) mass is 436 g/mol. The van der Waals surface area contributed by atoms with Crippen molar-refractivity contribution in [1.82, 2.24) is 0 Å². The Kier molecular flexibility index (Phi) is 4.78. The van der Waals surface area contributed by atoms with Gasteiger partial charge in [-0.3, -0.25) is 0 Å². The van der Waals surface area contributed by atoms with E-state index < -0.39 is 0 Å². The third-order valence-electron chi connectivity index (χ3n) is 7.01. The standard InChI is InChI=1S/C34H28/c1-34(2,3)32-22-21-29-28(27-17-8-13-23-11-4-6-15-25(23)27)18-10-20-31(29)33(32)30-19-9-14-24-12-5-7-16-26(24)30/h4-22H,1-3H3. The molecule has 0 aliphatic carbocycles. The zero-order valence-corrected chi connectivity index (χ0v) is 20.0. The van der Waals surface area contributed by atoms with E-state index >= 15 is 0 Å². The molecule has 0 saturated heterocycles. The lowest BCUT2D eigenvalue weighted by atomic mass is 9.78. The van der Waals surface area contributed by atoms with Gasteiger partial charge in [0.2, 0.25) is 0 Å². The summed E-state index contributed by atoms with van der Waals surface area (Å²) in [5.74, 6) is 0. The maximum atomic E-state index is 2.36. The first-order valence-corrected chi connectivity index (χ1v) is 12.0. The molecule has 0 aliphatic heterocycles. The molecule has 0 spiro atoms. The van der Waals surface area contributed by atoms with Crippen LogP contribution in [0.2, 0.25) is 0 Å². The Balaban J connectivity index is 1.74. The summed E-state index contributed by atoms with van der Waals surface area (Å²) in [7, 11) is 0. The molecule has 34 heavy (non-hydrogen) atoms. The molecular formula is C34H28. The lowest BCUT2D eigenvalue weighted by Gasteiger charge is -2.26. The highest BCUT2D eigenvalue weighted by molar-refractivity contribution is 6.12. The SMILES string of the molecule is CC(C)(C)c1ccc2c(-c3cccc4ccccc34)cccc2c1-c1cccc2ccccc12. The van der Waals surface area contributed by atoms with Crippen LogP contribution in [0.4, 0.5) is 0 Å². The average Bonchev–Trinajstić information content (AvgIpc) is 2.86. The predicted molar refractivity (Wildman–Crippen MR) is 149 cm³/mol. The topological polar surface area (TPSA) is 0 Å². The van der Waals surface area contributed by atoms with E-state index in [-0.39, 0.29) is 5.41 Å². The smallest absolute Gasteiger partial charge is 0.00615 e. The van der Waals surface area contributed by atoms with Crippen molar-refractivity contribution < 1.29 is 0 Å². The fourth-order valence-corrected chi connectivity index (χ4v) is 5.41. The molecule has 0 bridgehead atoms. The number of rotatable bonds is 2. The minimum absolute atomic E-state index is 0.0237. The predicted octanol–water partition coefficient (Wildman–Crippen LogP) is 9.78. The molecule has 0 radical (unpaired) electrons. The van der Waals surface area contributed by atoms with Crippen molar-refractivity contribution in [3.63, 3.8) is 0 Å². The van der Waals surface area contributed by atoms with Crippen LogP contribution in [-0.2, 0) is 5.41 Å². The van der Waals surface area contributed by atoms with Crippen LogP contribution in [0.25, 0.3) is 54.6 Å². The second-order valence-electron chi connectivity index (χ2n) is 10.2. The third-order valence-corrected chi connectivity index (χ3v) is 7.01. The van der Waals surface area contributed by atoms with Gasteiger partial charge in [-0.15, -0.1) is 0 Å². The van der Waals surface area contributed by atoms with E-state index in [2.05, 4.69) is 136 Å². The highest BCUT2D eigenvalue weighted by atomic mass is 14.3. The van der Waals surface area contributed by atoms with E-state index in [1.54, 1.807) is 0 Å². The van der Waals surface area contributed by atoms with Crippen LogP contribution in [0.15, 0.2) is 115 Å². The van der Waals surface area contributed by atoms with Crippen LogP contribution >= 0.6 is 0 Å². The fraction of sp³-hybridized carbons (Fsp3) is 0.118. The highest BCUT2D eigenvalue weighted by Crippen LogP contribution is 2.44. The van der Waals surface area contributed by atoms with Crippen LogP contribution in [0.3, 0.4) is 0 Å². The molecule has 0 unspecified atom stereocenters. The Morgan fingerprint density at radius 2 is 0.853 bits per heavy atom. The van der Waals surface area contributed by atoms with Crippen LogP contribution < -0.4 is 0 Å². The molecule has 0 fully saturated rings. The van der Waals surface area contributed by atoms with E-state index in [0.29, 0.717) is 0 Å². The van der Waals surface area contributed by atoms with Crippen LogP contribution in [0.5, 0.6) is 0 Å². The van der Waals surface area contributed by atoms with Crippen LogP contribution in [-0.4, -0.2) is 0 Å². The van der Waals surface area contributed by atoms with Gasteiger partial charge in [0.1, 0.15) is 0 Å². The van der Waals surface area contributed by atoms with Crippen molar-refractivity contribution in [2.45, 2.75) is 26.2 Å². The maximum absolute atomic E-state index is 2.36. The second-order valence-corrected chi connectivity index (χ2v) is 10.2. The molecule has 0 atom stereocenters. The molecule has 6 aromatic rings. The fourth-order valence-electron chi connectivity index (χ4n) is 5.41. The Bertz CT molecular complexity index is 1670. The Morgan fingerprint density at radius 3 is 1.50 bits per heavy atom. The molecule has 0 saturated carbocycles. The lowest BCUT2D eigenvalue weighted by Crippen LogP contribution is -2.13. The molecule has 0 N–H and O–H groups in total. The maximum Gasteiger partial charge on any atom is -0.00615 e. The van der Waals surface area contributed by atoms with Crippen molar-refractivity contribution in [3.8, 4) is 22.3 Å². The lowest BCUT2D eigenvalue weighted by molar-refractivity contribution is 0.593. The molecule has 0 heterocycles. The first kappa shape index (κ1) is 20.7. The van der Waals surface area contributed by atoms with E-state index in [0.717, 1.165) is 0 Å². The van der Waals surface area contributed by atoms with Gasteiger partial charge in [0.15, 0.2) is 0 Å². The zero-order valence-electron chi connectivity index (χ0n) is 20.0. The second kappa shape index (κ2) is 7.85.